The summed E-state index contributed by atoms with van der Waals surface area (Å²) in [4.78, 5) is 22.9. The van der Waals surface area contributed by atoms with Gasteiger partial charge in [-0.2, -0.15) is 12.7 Å². The molecule has 1 fully saturated rings. The van der Waals surface area contributed by atoms with E-state index in [2.05, 4.69) is 14.9 Å². The molecule has 1 aromatic carbocycles. The Kier molecular flexibility index (Phi) is 4.82. The number of fused-ring (bicyclic) bond motifs is 1. The zero-order valence-corrected chi connectivity index (χ0v) is 16.1. The van der Waals surface area contributed by atoms with Crippen LogP contribution in [0.4, 0.5) is 0 Å². The number of hydrogen-bond donors (Lipinski definition) is 2. The minimum atomic E-state index is -3.65. The lowest BCUT2D eigenvalue weighted by Crippen LogP contribution is -2.50. The summed E-state index contributed by atoms with van der Waals surface area (Å²) in [6, 6.07) is 9.76. The molecule has 1 aliphatic heterocycles. The topological polar surface area (TPSA) is 112 Å². The van der Waals surface area contributed by atoms with Crippen molar-refractivity contribution < 1.29 is 8.42 Å². The zero-order chi connectivity index (χ0) is 19.0. The van der Waals surface area contributed by atoms with Gasteiger partial charge in [0, 0.05) is 37.1 Å². The minimum Gasteiger partial charge on any atom is -0.309 e. The predicted molar refractivity (Wildman–Crippen MR) is 106 cm³/mol. The molecule has 2 aromatic heterocycles. The Morgan fingerprint density at radius 1 is 1.15 bits per heavy atom. The van der Waals surface area contributed by atoms with Gasteiger partial charge in [0.05, 0.1) is 11.9 Å². The van der Waals surface area contributed by atoms with Crippen LogP contribution in [0.1, 0.15) is 5.82 Å². The van der Waals surface area contributed by atoms with E-state index in [-0.39, 0.29) is 5.56 Å². The number of nitrogens with two attached hydrogens (primary N) is 1. The molecule has 0 unspecified atom stereocenters. The van der Waals surface area contributed by atoms with Crippen molar-refractivity contribution in [1.29, 1.82) is 0 Å². The Bertz CT molecular complexity index is 1120. The molecular formula is C17H19N5O3S2. The van der Waals surface area contributed by atoms with Gasteiger partial charge in [-0.1, -0.05) is 30.3 Å². The van der Waals surface area contributed by atoms with Crippen LogP contribution in [0.5, 0.6) is 0 Å². The lowest BCUT2D eigenvalue weighted by molar-refractivity contribution is 0.178. The van der Waals surface area contributed by atoms with Gasteiger partial charge in [-0.05, 0) is 5.56 Å². The van der Waals surface area contributed by atoms with Crippen molar-refractivity contribution in [2.75, 3.05) is 26.2 Å². The van der Waals surface area contributed by atoms with Crippen molar-refractivity contribution in [3.63, 3.8) is 0 Å². The number of H-pyrrole nitrogens is 1. The molecule has 0 radical (unpaired) electrons. The molecule has 0 atom stereocenters. The summed E-state index contributed by atoms with van der Waals surface area (Å²) in [7, 11) is -3.65. The third-order valence-electron chi connectivity index (χ3n) is 4.64. The van der Waals surface area contributed by atoms with E-state index in [1.165, 1.54) is 15.6 Å². The summed E-state index contributed by atoms with van der Waals surface area (Å²) in [5.74, 6) is 0.581. The highest BCUT2D eigenvalue weighted by Gasteiger charge is 2.24. The number of rotatable bonds is 4. The number of aromatic amines is 1. The van der Waals surface area contributed by atoms with Crippen molar-refractivity contribution >= 4 is 31.8 Å². The molecule has 3 aromatic rings. The summed E-state index contributed by atoms with van der Waals surface area (Å²) >= 11 is 1.45. The molecule has 10 heteroatoms. The first-order valence-electron chi connectivity index (χ1n) is 8.48. The van der Waals surface area contributed by atoms with Gasteiger partial charge < -0.3 is 4.98 Å². The normalized spacial score (nSPS) is 16.8. The smallest absolute Gasteiger partial charge is 0.276 e. The Balaban J connectivity index is 1.56. The third kappa shape index (κ3) is 3.80. The van der Waals surface area contributed by atoms with Crippen molar-refractivity contribution in [3.8, 4) is 11.1 Å². The average molecular weight is 406 g/mol. The summed E-state index contributed by atoms with van der Waals surface area (Å²) in [5.41, 5.74) is 1.72. The van der Waals surface area contributed by atoms with Crippen LogP contribution in [-0.4, -0.2) is 53.8 Å². The van der Waals surface area contributed by atoms with Gasteiger partial charge in [0.15, 0.2) is 0 Å². The highest BCUT2D eigenvalue weighted by Crippen LogP contribution is 2.30. The first kappa shape index (κ1) is 18.3. The first-order valence-corrected chi connectivity index (χ1v) is 10.9. The maximum absolute atomic E-state index is 12.7. The number of benzene rings is 1. The minimum absolute atomic E-state index is 0.154. The van der Waals surface area contributed by atoms with Crippen LogP contribution in [0, 0.1) is 0 Å². The predicted octanol–water partition coefficient (Wildman–Crippen LogP) is 0.973. The lowest BCUT2D eigenvalue weighted by Gasteiger charge is -2.32. The molecule has 1 saturated heterocycles. The van der Waals surface area contributed by atoms with Gasteiger partial charge in [0.25, 0.3) is 15.8 Å². The molecule has 1 aliphatic rings. The van der Waals surface area contributed by atoms with Crippen LogP contribution >= 0.6 is 11.3 Å². The molecule has 8 nitrogen and oxygen atoms in total. The fourth-order valence-electron chi connectivity index (χ4n) is 3.25. The van der Waals surface area contributed by atoms with Gasteiger partial charge >= 0.3 is 0 Å². The van der Waals surface area contributed by atoms with Crippen LogP contribution in [0.2, 0.25) is 0 Å². The Hall–Kier alpha value is -2.11. The Morgan fingerprint density at radius 2 is 1.85 bits per heavy atom. The fourth-order valence-corrected chi connectivity index (χ4v) is 4.89. The third-order valence-corrected chi connectivity index (χ3v) is 6.60. The van der Waals surface area contributed by atoms with Gasteiger partial charge in [-0.25, -0.2) is 10.1 Å². The van der Waals surface area contributed by atoms with E-state index in [1.807, 2.05) is 35.7 Å². The van der Waals surface area contributed by atoms with E-state index in [4.69, 9.17) is 5.14 Å². The van der Waals surface area contributed by atoms with Crippen LogP contribution in [0.3, 0.4) is 0 Å². The van der Waals surface area contributed by atoms with Gasteiger partial charge in [-0.3, -0.25) is 9.69 Å². The molecule has 3 heterocycles. The molecule has 0 saturated carbocycles. The Labute approximate surface area is 160 Å². The number of thiophene rings is 1. The molecule has 0 bridgehead atoms. The number of nitrogens with one attached hydrogen (secondary N) is 1. The average Bonchev–Trinajstić information content (AvgIpc) is 3.07. The SMILES string of the molecule is NS(=O)(=O)N1CCN(Cc2nc3scc(-c4ccccc4)c3c(=O)[nH]2)CC1. The van der Waals surface area contributed by atoms with E-state index in [0.29, 0.717) is 48.8 Å². The zero-order valence-electron chi connectivity index (χ0n) is 14.5. The maximum Gasteiger partial charge on any atom is 0.276 e. The van der Waals surface area contributed by atoms with Crippen LogP contribution in [0.25, 0.3) is 21.3 Å². The van der Waals surface area contributed by atoms with Crippen molar-refractivity contribution in [2.45, 2.75) is 6.54 Å². The van der Waals surface area contributed by atoms with E-state index < -0.39 is 10.2 Å². The maximum atomic E-state index is 12.7. The number of piperazine rings is 1. The number of nitrogens with zero attached hydrogens (tertiary/aromatic N) is 3. The summed E-state index contributed by atoms with van der Waals surface area (Å²) < 4.78 is 24.0. The molecule has 4 rings (SSSR count). The van der Waals surface area contributed by atoms with Gasteiger partial charge in [-0.15, -0.1) is 11.3 Å². The molecule has 0 spiro atoms. The summed E-state index contributed by atoms with van der Waals surface area (Å²) in [5, 5.41) is 7.72. The number of aromatic nitrogens is 2. The molecular weight excluding hydrogens is 386 g/mol. The molecule has 142 valence electrons. The molecule has 3 N–H and O–H groups in total. The first-order chi connectivity index (χ1) is 12.9. The van der Waals surface area contributed by atoms with Crippen molar-refractivity contribution in [2.24, 2.45) is 5.14 Å². The number of hydrogen-bond acceptors (Lipinski definition) is 6. The van der Waals surface area contributed by atoms with Crippen LogP contribution < -0.4 is 10.7 Å². The van der Waals surface area contributed by atoms with Gasteiger partial charge in [0.1, 0.15) is 10.7 Å². The molecule has 0 aliphatic carbocycles. The van der Waals surface area contributed by atoms with Crippen molar-refractivity contribution in [3.05, 3.63) is 51.9 Å². The van der Waals surface area contributed by atoms with Gasteiger partial charge in [0.2, 0.25) is 0 Å². The van der Waals surface area contributed by atoms with Crippen molar-refractivity contribution in [1.82, 2.24) is 19.2 Å². The second-order valence-corrected chi connectivity index (χ2v) is 8.83. The van der Waals surface area contributed by atoms with E-state index in [9.17, 15) is 13.2 Å². The molecule has 0 amide bonds. The largest absolute Gasteiger partial charge is 0.309 e. The Morgan fingerprint density at radius 3 is 2.52 bits per heavy atom. The van der Waals surface area contributed by atoms with E-state index >= 15 is 0 Å². The molecule has 27 heavy (non-hydrogen) atoms. The van der Waals surface area contributed by atoms with Crippen LogP contribution in [0.15, 0.2) is 40.5 Å². The fraction of sp³-hybridized carbons (Fsp3) is 0.294. The van der Waals surface area contributed by atoms with Crippen LogP contribution in [-0.2, 0) is 16.8 Å². The highest BCUT2D eigenvalue weighted by atomic mass is 32.2. The standard InChI is InChI=1S/C17H19N5O3S2/c18-27(24,25)22-8-6-21(7-9-22)10-14-19-16(23)15-13(11-26-17(15)20-14)12-4-2-1-3-5-12/h1-5,11H,6-10H2,(H2,18,24,25)(H,19,20,23). The second-order valence-electron chi connectivity index (χ2n) is 6.43. The summed E-state index contributed by atoms with van der Waals surface area (Å²) in [6.45, 7) is 2.21. The van der Waals surface area contributed by atoms with E-state index in [1.54, 1.807) is 0 Å². The van der Waals surface area contributed by atoms with E-state index in [0.717, 1.165) is 11.1 Å². The summed E-state index contributed by atoms with van der Waals surface area (Å²) in [6.07, 6.45) is 0. The highest BCUT2D eigenvalue weighted by molar-refractivity contribution is 7.86. The lowest BCUT2D eigenvalue weighted by atomic mass is 10.1. The quantitative estimate of drug-likeness (QED) is 0.672. The monoisotopic (exact) mass is 405 g/mol. The second kappa shape index (κ2) is 7.13.